The Hall–Kier alpha value is -1.44. The van der Waals surface area contributed by atoms with Gasteiger partial charge in [-0.05, 0) is 43.9 Å². The van der Waals surface area contributed by atoms with E-state index in [1.807, 2.05) is 4.90 Å². The molecule has 0 bridgehead atoms. The molecule has 1 saturated carbocycles. The van der Waals surface area contributed by atoms with E-state index in [0.29, 0.717) is 37.8 Å². The van der Waals surface area contributed by atoms with E-state index in [9.17, 15) is 13.2 Å². The Morgan fingerprint density at radius 2 is 1.85 bits per heavy atom. The number of rotatable bonds is 6. The largest absolute Gasteiger partial charge is 0.379 e. The molecule has 6 nitrogen and oxygen atoms in total. The third-order valence-electron chi connectivity index (χ3n) is 5.27. The number of benzene rings is 1. The lowest BCUT2D eigenvalue weighted by Crippen LogP contribution is -2.43. The first kappa shape index (κ1) is 19.3. The van der Waals surface area contributed by atoms with Gasteiger partial charge in [0.15, 0.2) is 0 Å². The van der Waals surface area contributed by atoms with Crippen LogP contribution in [0, 0.1) is 5.92 Å². The highest BCUT2D eigenvalue weighted by Crippen LogP contribution is 2.32. The summed E-state index contributed by atoms with van der Waals surface area (Å²) in [4.78, 5) is 15.2. The minimum atomic E-state index is -3.60. The monoisotopic (exact) mass is 380 g/mol. The number of hydrogen-bond acceptors (Lipinski definition) is 4. The number of hydrogen-bond donors (Lipinski definition) is 0. The Bertz CT molecular complexity index is 753. The van der Waals surface area contributed by atoms with Gasteiger partial charge in [0.1, 0.15) is 0 Å². The van der Waals surface area contributed by atoms with Gasteiger partial charge in [-0.15, -0.1) is 0 Å². The Morgan fingerprint density at radius 1 is 1.19 bits per heavy atom. The van der Waals surface area contributed by atoms with Crippen LogP contribution in [0.1, 0.15) is 44.0 Å². The van der Waals surface area contributed by atoms with Crippen LogP contribution in [0.3, 0.4) is 0 Å². The molecule has 2 aliphatic rings. The van der Waals surface area contributed by atoms with Crippen molar-refractivity contribution in [3.8, 4) is 0 Å². The highest BCUT2D eigenvalue weighted by atomic mass is 32.2. The van der Waals surface area contributed by atoms with E-state index in [4.69, 9.17) is 4.74 Å². The van der Waals surface area contributed by atoms with Gasteiger partial charge in [0.25, 0.3) is 5.91 Å². The van der Waals surface area contributed by atoms with Gasteiger partial charge in [-0.25, -0.2) is 8.42 Å². The second-order valence-electron chi connectivity index (χ2n) is 7.47. The van der Waals surface area contributed by atoms with E-state index in [0.717, 1.165) is 12.8 Å². The van der Waals surface area contributed by atoms with E-state index in [2.05, 4.69) is 20.8 Å². The highest BCUT2D eigenvalue weighted by molar-refractivity contribution is 7.89. The van der Waals surface area contributed by atoms with E-state index in [1.165, 1.54) is 10.4 Å². The van der Waals surface area contributed by atoms with Crippen molar-refractivity contribution in [2.75, 3.05) is 26.3 Å². The maximum Gasteiger partial charge on any atom is 0.254 e. The number of carbonyl (C=O) groups is 1. The molecule has 1 amide bonds. The SMILES string of the molecule is CC(C)C(C)N(C(=O)c1cccc(S(=O)(=O)N2CCOCC2)c1)C1CC1. The van der Waals surface area contributed by atoms with Crippen LogP contribution in [0.25, 0.3) is 0 Å². The second kappa shape index (κ2) is 7.66. The molecule has 144 valence electrons. The van der Waals surface area contributed by atoms with Crippen LogP contribution in [-0.4, -0.2) is 61.9 Å². The fourth-order valence-corrected chi connectivity index (χ4v) is 4.69. The summed E-state index contributed by atoms with van der Waals surface area (Å²) in [6.45, 7) is 7.77. The molecule has 1 aliphatic carbocycles. The van der Waals surface area contributed by atoms with Crippen LogP contribution in [0.4, 0.5) is 0 Å². The average molecular weight is 381 g/mol. The van der Waals surface area contributed by atoms with E-state index < -0.39 is 10.0 Å². The average Bonchev–Trinajstić information content (AvgIpc) is 3.47. The maximum absolute atomic E-state index is 13.1. The zero-order chi connectivity index (χ0) is 18.9. The first-order valence-electron chi connectivity index (χ1n) is 9.33. The topological polar surface area (TPSA) is 66.9 Å². The first-order chi connectivity index (χ1) is 12.3. The first-order valence-corrected chi connectivity index (χ1v) is 10.8. The molecule has 26 heavy (non-hydrogen) atoms. The van der Waals surface area contributed by atoms with E-state index >= 15 is 0 Å². The number of amides is 1. The zero-order valence-electron chi connectivity index (χ0n) is 15.7. The Kier molecular flexibility index (Phi) is 5.69. The van der Waals surface area contributed by atoms with E-state index in [1.54, 1.807) is 18.2 Å². The van der Waals surface area contributed by atoms with Gasteiger partial charge in [-0.3, -0.25) is 4.79 Å². The van der Waals surface area contributed by atoms with Gasteiger partial charge in [0.05, 0.1) is 18.1 Å². The molecule has 2 fully saturated rings. The molecule has 1 aromatic carbocycles. The molecule has 3 rings (SSSR count). The molecule has 7 heteroatoms. The number of morpholine rings is 1. The van der Waals surface area contributed by atoms with Crippen LogP contribution in [-0.2, 0) is 14.8 Å². The van der Waals surface area contributed by atoms with Crippen molar-refractivity contribution in [3.63, 3.8) is 0 Å². The summed E-state index contributed by atoms with van der Waals surface area (Å²) >= 11 is 0. The van der Waals surface area contributed by atoms with Gasteiger partial charge < -0.3 is 9.64 Å². The molecule has 1 unspecified atom stereocenters. The van der Waals surface area contributed by atoms with Crippen LogP contribution >= 0.6 is 0 Å². The Morgan fingerprint density at radius 3 is 2.42 bits per heavy atom. The predicted octanol–water partition coefficient (Wildman–Crippen LogP) is 2.36. The third kappa shape index (κ3) is 3.94. The molecular weight excluding hydrogens is 352 g/mol. The van der Waals surface area contributed by atoms with Crippen molar-refractivity contribution in [3.05, 3.63) is 29.8 Å². The summed E-state index contributed by atoms with van der Waals surface area (Å²) < 4.78 is 32.4. The fourth-order valence-electron chi connectivity index (χ4n) is 3.23. The number of carbonyl (C=O) groups excluding carboxylic acids is 1. The van der Waals surface area contributed by atoms with Gasteiger partial charge in [-0.1, -0.05) is 19.9 Å². The van der Waals surface area contributed by atoms with Crippen LogP contribution in [0.5, 0.6) is 0 Å². The van der Waals surface area contributed by atoms with Crippen molar-refractivity contribution in [1.29, 1.82) is 0 Å². The minimum Gasteiger partial charge on any atom is -0.379 e. The molecule has 0 N–H and O–H groups in total. The number of nitrogens with zero attached hydrogens (tertiary/aromatic N) is 2. The minimum absolute atomic E-state index is 0.0762. The lowest BCUT2D eigenvalue weighted by molar-refractivity contribution is 0.0627. The van der Waals surface area contributed by atoms with Crippen molar-refractivity contribution < 1.29 is 17.9 Å². The fraction of sp³-hybridized carbons (Fsp3) is 0.632. The molecule has 0 spiro atoms. The number of ether oxygens (including phenoxy) is 1. The molecule has 0 radical (unpaired) electrons. The summed E-state index contributed by atoms with van der Waals surface area (Å²) in [6.07, 6.45) is 2.04. The van der Waals surface area contributed by atoms with Gasteiger partial charge in [-0.2, -0.15) is 4.31 Å². The quantitative estimate of drug-likeness (QED) is 0.760. The lowest BCUT2D eigenvalue weighted by Gasteiger charge is -2.32. The van der Waals surface area contributed by atoms with Crippen molar-refractivity contribution in [2.24, 2.45) is 5.92 Å². The van der Waals surface area contributed by atoms with Gasteiger partial charge in [0.2, 0.25) is 10.0 Å². The molecule has 1 atom stereocenters. The zero-order valence-corrected chi connectivity index (χ0v) is 16.5. The normalized spacial score (nSPS) is 20.2. The van der Waals surface area contributed by atoms with Crippen molar-refractivity contribution >= 4 is 15.9 Å². The molecule has 1 aromatic rings. The molecular formula is C19H28N2O4S. The van der Waals surface area contributed by atoms with Gasteiger partial charge in [0, 0.05) is 30.7 Å². The van der Waals surface area contributed by atoms with Crippen molar-refractivity contribution in [2.45, 2.75) is 50.6 Å². The van der Waals surface area contributed by atoms with Crippen LogP contribution in [0.15, 0.2) is 29.2 Å². The van der Waals surface area contributed by atoms with Crippen LogP contribution in [0.2, 0.25) is 0 Å². The third-order valence-corrected chi connectivity index (χ3v) is 7.16. The molecule has 1 saturated heterocycles. The summed E-state index contributed by atoms with van der Waals surface area (Å²) in [7, 11) is -3.60. The van der Waals surface area contributed by atoms with E-state index in [-0.39, 0.29) is 22.9 Å². The van der Waals surface area contributed by atoms with Gasteiger partial charge >= 0.3 is 0 Å². The lowest BCUT2D eigenvalue weighted by atomic mass is 10.0. The summed E-state index contributed by atoms with van der Waals surface area (Å²) in [5, 5.41) is 0. The Balaban J connectivity index is 1.87. The number of sulfonamides is 1. The Labute approximate surface area is 156 Å². The summed E-state index contributed by atoms with van der Waals surface area (Å²) in [5.74, 6) is 0.271. The maximum atomic E-state index is 13.1. The molecule has 1 aliphatic heterocycles. The highest BCUT2D eigenvalue weighted by Gasteiger charge is 2.37. The smallest absolute Gasteiger partial charge is 0.254 e. The molecule has 0 aromatic heterocycles. The molecule has 1 heterocycles. The van der Waals surface area contributed by atoms with Crippen LogP contribution < -0.4 is 0 Å². The second-order valence-corrected chi connectivity index (χ2v) is 9.41. The standard InChI is InChI=1S/C19H28N2O4S/c1-14(2)15(3)21(17-7-8-17)19(22)16-5-4-6-18(13-16)26(23,24)20-9-11-25-12-10-20/h4-6,13-15,17H,7-12H2,1-3H3. The predicted molar refractivity (Wildman–Crippen MR) is 99.5 cm³/mol. The summed E-state index contributed by atoms with van der Waals surface area (Å²) in [6, 6.07) is 6.85. The summed E-state index contributed by atoms with van der Waals surface area (Å²) in [5.41, 5.74) is 0.443. The van der Waals surface area contributed by atoms with Crippen molar-refractivity contribution in [1.82, 2.24) is 9.21 Å².